The number of hydrogen-bond donors (Lipinski definition) is 0. The number of aromatic nitrogens is 1. The van der Waals surface area contributed by atoms with E-state index < -0.39 is 0 Å². The van der Waals surface area contributed by atoms with Crippen LogP contribution in [-0.4, -0.2) is 27.4 Å². The molecule has 0 aliphatic carbocycles. The summed E-state index contributed by atoms with van der Waals surface area (Å²) in [6.07, 6.45) is 7.76. The first-order valence-electron chi connectivity index (χ1n) is 4.82. The van der Waals surface area contributed by atoms with Gasteiger partial charge in [-0.25, -0.2) is 4.99 Å². The van der Waals surface area contributed by atoms with E-state index in [4.69, 9.17) is 0 Å². The predicted octanol–water partition coefficient (Wildman–Crippen LogP) is 2.32. The van der Waals surface area contributed by atoms with E-state index >= 15 is 0 Å². The Morgan fingerprint density at radius 1 is 1.40 bits per heavy atom. The summed E-state index contributed by atoms with van der Waals surface area (Å²) in [6, 6.07) is 6.23. The summed E-state index contributed by atoms with van der Waals surface area (Å²) in [6.45, 7) is 2.14. The summed E-state index contributed by atoms with van der Waals surface area (Å²) in [4.78, 5) is 8.70. The standard InChI is InChI=1S/C11H13N3S/c1-9-6-8-13-11(14(9)15-2)10-5-3-4-7-12-10/h3-9H,1-2H3. The largest absolute Gasteiger partial charge is 0.292 e. The van der Waals surface area contributed by atoms with Gasteiger partial charge in [0.1, 0.15) is 5.69 Å². The normalized spacial score (nSPS) is 20.3. The van der Waals surface area contributed by atoms with E-state index in [1.165, 1.54) is 0 Å². The van der Waals surface area contributed by atoms with Crippen LogP contribution in [-0.2, 0) is 0 Å². The van der Waals surface area contributed by atoms with Crippen molar-refractivity contribution in [1.29, 1.82) is 0 Å². The predicted molar refractivity (Wildman–Crippen MR) is 64.7 cm³/mol. The minimum Gasteiger partial charge on any atom is -0.292 e. The first-order valence-corrected chi connectivity index (χ1v) is 6.00. The van der Waals surface area contributed by atoms with Crippen molar-refractivity contribution >= 4 is 17.8 Å². The van der Waals surface area contributed by atoms with Crippen LogP contribution < -0.4 is 0 Å². The van der Waals surface area contributed by atoms with Gasteiger partial charge in [0.2, 0.25) is 0 Å². The smallest absolute Gasteiger partial charge is 0.165 e. The van der Waals surface area contributed by atoms with E-state index in [0.29, 0.717) is 6.04 Å². The summed E-state index contributed by atoms with van der Waals surface area (Å²) < 4.78 is 2.16. The molecule has 0 radical (unpaired) electrons. The lowest BCUT2D eigenvalue weighted by atomic mass is 10.2. The van der Waals surface area contributed by atoms with Crippen molar-refractivity contribution in [1.82, 2.24) is 9.29 Å². The monoisotopic (exact) mass is 219 g/mol. The first-order chi connectivity index (χ1) is 7.33. The fourth-order valence-electron chi connectivity index (χ4n) is 1.49. The first kappa shape index (κ1) is 10.2. The van der Waals surface area contributed by atoms with Gasteiger partial charge in [0.05, 0.1) is 6.04 Å². The van der Waals surface area contributed by atoms with Gasteiger partial charge in [0.25, 0.3) is 0 Å². The molecule has 0 saturated heterocycles. The molecule has 0 aromatic carbocycles. The minimum atomic E-state index is 0.356. The van der Waals surface area contributed by atoms with Gasteiger partial charge < -0.3 is 0 Å². The van der Waals surface area contributed by atoms with Crippen LogP contribution in [0.15, 0.2) is 41.7 Å². The maximum atomic E-state index is 4.38. The van der Waals surface area contributed by atoms with Crippen LogP contribution >= 0.6 is 11.9 Å². The lowest BCUT2D eigenvalue weighted by Crippen LogP contribution is -2.34. The van der Waals surface area contributed by atoms with Crippen LogP contribution in [0, 0.1) is 0 Å². The summed E-state index contributed by atoms with van der Waals surface area (Å²) in [5, 5.41) is 0. The molecule has 1 unspecified atom stereocenters. The van der Waals surface area contributed by atoms with Gasteiger partial charge in [-0.2, -0.15) is 0 Å². The number of pyridine rings is 1. The van der Waals surface area contributed by atoms with E-state index in [9.17, 15) is 0 Å². The Balaban J connectivity index is 2.35. The Morgan fingerprint density at radius 3 is 2.93 bits per heavy atom. The zero-order valence-corrected chi connectivity index (χ0v) is 9.61. The van der Waals surface area contributed by atoms with E-state index in [-0.39, 0.29) is 0 Å². The molecule has 1 aromatic rings. The van der Waals surface area contributed by atoms with Crippen LogP contribution in [0.4, 0.5) is 0 Å². The molecule has 15 heavy (non-hydrogen) atoms. The highest BCUT2D eigenvalue weighted by Gasteiger charge is 2.20. The molecule has 2 rings (SSSR count). The molecule has 0 bridgehead atoms. The van der Waals surface area contributed by atoms with Crippen molar-refractivity contribution in [2.24, 2.45) is 4.99 Å². The van der Waals surface area contributed by atoms with Gasteiger partial charge in [-0.1, -0.05) is 18.0 Å². The van der Waals surface area contributed by atoms with Crippen molar-refractivity contribution in [3.05, 3.63) is 42.4 Å². The van der Waals surface area contributed by atoms with Crippen molar-refractivity contribution in [3.63, 3.8) is 0 Å². The molecule has 3 nitrogen and oxygen atoms in total. The Hall–Kier alpha value is -1.29. The zero-order chi connectivity index (χ0) is 10.7. The second-order valence-electron chi connectivity index (χ2n) is 3.26. The second-order valence-corrected chi connectivity index (χ2v) is 4.02. The number of nitrogens with zero attached hydrogens (tertiary/aromatic N) is 3. The molecule has 0 amide bonds. The van der Waals surface area contributed by atoms with E-state index in [1.807, 2.05) is 30.7 Å². The zero-order valence-electron chi connectivity index (χ0n) is 8.79. The fourth-order valence-corrected chi connectivity index (χ4v) is 2.21. The topological polar surface area (TPSA) is 28.5 Å². The van der Waals surface area contributed by atoms with Gasteiger partial charge in [0, 0.05) is 18.7 Å². The third-order valence-electron chi connectivity index (χ3n) is 2.23. The van der Waals surface area contributed by atoms with Crippen LogP contribution in [0.5, 0.6) is 0 Å². The molecule has 0 N–H and O–H groups in total. The summed E-state index contributed by atoms with van der Waals surface area (Å²) in [5.74, 6) is 0.929. The molecule has 78 valence electrons. The van der Waals surface area contributed by atoms with Crippen LogP contribution in [0.3, 0.4) is 0 Å². The molecule has 1 aromatic heterocycles. The number of hydrogen-bond acceptors (Lipinski definition) is 4. The molecule has 4 heteroatoms. The highest BCUT2D eigenvalue weighted by Crippen LogP contribution is 2.20. The lowest BCUT2D eigenvalue weighted by Gasteiger charge is -2.29. The fraction of sp³-hybridized carbons (Fsp3) is 0.273. The third kappa shape index (κ3) is 2.04. The SMILES string of the molecule is CSN1C(c2ccccn2)=NC=CC1C. The average Bonchev–Trinajstić information content (AvgIpc) is 2.30. The average molecular weight is 219 g/mol. The molecular formula is C11H13N3S. The summed E-state index contributed by atoms with van der Waals surface area (Å²) in [5.41, 5.74) is 0.919. The van der Waals surface area contributed by atoms with Crippen molar-refractivity contribution in [2.45, 2.75) is 13.0 Å². The maximum absolute atomic E-state index is 4.38. The summed E-state index contributed by atoms with van der Waals surface area (Å²) in [7, 11) is 0. The Bertz CT molecular complexity index is 386. The van der Waals surface area contributed by atoms with Gasteiger partial charge in [-0.3, -0.25) is 9.29 Å². The quantitative estimate of drug-likeness (QED) is 0.715. The van der Waals surface area contributed by atoms with Crippen LogP contribution in [0.2, 0.25) is 0 Å². The van der Waals surface area contributed by atoms with Gasteiger partial charge in [-0.15, -0.1) is 0 Å². The van der Waals surface area contributed by atoms with E-state index in [1.54, 1.807) is 18.1 Å². The number of aliphatic imine (C=N–C) groups is 1. The molecule has 0 spiro atoms. The summed E-state index contributed by atoms with van der Waals surface area (Å²) >= 11 is 1.67. The number of rotatable bonds is 2. The van der Waals surface area contributed by atoms with E-state index in [2.05, 4.69) is 27.3 Å². The van der Waals surface area contributed by atoms with Crippen molar-refractivity contribution in [2.75, 3.05) is 6.26 Å². The van der Waals surface area contributed by atoms with Gasteiger partial charge in [-0.05, 0) is 25.1 Å². The Kier molecular flexibility index (Phi) is 3.06. The molecule has 0 fully saturated rings. The molecular weight excluding hydrogens is 206 g/mol. The highest BCUT2D eigenvalue weighted by atomic mass is 32.2. The Labute approximate surface area is 94.1 Å². The molecule has 1 aliphatic rings. The van der Waals surface area contributed by atoms with Crippen molar-refractivity contribution < 1.29 is 0 Å². The Morgan fingerprint density at radius 2 is 2.27 bits per heavy atom. The highest BCUT2D eigenvalue weighted by molar-refractivity contribution is 7.96. The molecule has 1 aliphatic heterocycles. The second kappa shape index (κ2) is 4.49. The number of amidine groups is 1. The van der Waals surface area contributed by atoms with Crippen molar-refractivity contribution in [3.8, 4) is 0 Å². The van der Waals surface area contributed by atoms with Gasteiger partial charge >= 0.3 is 0 Å². The minimum absolute atomic E-state index is 0.356. The maximum Gasteiger partial charge on any atom is 0.165 e. The van der Waals surface area contributed by atoms with Crippen LogP contribution in [0.25, 0.3) is 0 Å². The molecule has 1 atom stereocenters. The van der Waals surface area contributed by atoms with E-state index in [0.717, 1.165) is 11.5 Å². The molecule has 0 saturated carbocycles. The lowest BCUT2D eigenvalue weighted by molar-refractivity contribution is 0.591. The third-order valence-corrected chi connectivity index (χ3v) is 3.13. The van der Waals surface area contributed by atoms with Gasteiger partial charge in [0.15, 0.2) is 5.84 Å². The van der Waals surface area contributed by atoms with Crippen LogP contribution in [0.1, 0.15) is 12.6 Å². The molecule has 2 heterocycles.